The summed E-state index contributed by atoms with van der Waals surface area (Å²) in [6.45, 7) is 3.70. The number of unbranched alkanes of at least 4 members (excludes halogenated alkanes) is 38. The number of aliphatic hydroxyl groups excluding tert-OH is 5. The van der Waals surface area contributed by atoms with Gasteiger partial charge in [-0.1, -0.05) is 299 Å². The smallest absolute Gasteiger partial charge is 0.220 e. The molecule has 7 atom stereocenters. The minimum Gasteiger partial charge on any atom is -0.394 e. The molecule has 9 heteroatoms. The van der Waals surface area contributed by atoms with Gasteiger partial charge in [-0.15, -0.1) is 0 Å². The molecule has 1 aliphatic heterocycles. The number of ether oxygens (including phenoxy) is 2. The van der Waals surface area contributed by atoms with Crippen molar-refractivity contribution in [2.24, 2.45) is 0 Å². The van der Waals surface area contributed by atoms with E-state index in [2.05, 4.69) is 67.8 Å². The second-order valence-corrected chi connectivity index (χ2v) is 22.5. The van der Waals surface area contributed by atoms with Crippen LogP contribution in [0.15, 0.2) is 60.8 Å². The number of rotatable bonds is 56. The molecule has 1 amide bonds. The van der Waals surface area contributed by atoms with Gasteiger partial charge in [0.2, 0.25) is 5.91 Å². The molecule has 1 rings (SSSR count). The molecule has 1 fully saturated rings. The maximum Gasteiger partial charge on any atom is 0.220 e. The molecule has 0 saturated carbocycles. The van der Waals surface area contributed by atoms with Crippen LogP contribution in [0.2, 0.25) is 0 Å². The molecule has 0 aromatic carbocycles. The van der Waals surface area contributed by atoms with Gasteiger partial charge >= 0.3 is 0 Å². The molecule has 76 heavy (non-hydrogen) atoms. The number of aliphatic hydroxyl groups is 5. The van der Waals surface area contributed by atoms with Crippen molar-refractivity contribution in [1.82, 2.24) is 5.32 Å². The number of amides is 1. The van der Waals surface area contributed by atoms with Crippen LogP contribution in [0, 0.1) is 0 Å². The Kier molecular flexibility index (Phi) is 53.1. The Bertz CT molecular complexity index is 1380. The monoisotopic (exact) mass is 1070 g/mol. The summed E-state index contributed by atoms with van der Waals surface area (Å²) in [7, 11) is 0. The molecule has 9 nitrogen and oxygen atoms in total. The summed E-state index contributed by atoms with van der Waals surface area (Å²) in [5.41, 5.74) is 0. The van der Waals surface area contributed by atoms with E-state index in [-0.39, 0.29) is 12.5 Å². The van der Waals surface area contributed by atoms with Crippen molar-refractivity contribution in [3.8, 4) is 0 Å². The molecular weight excluding hydrogens is 947 g/mol. The Labute approximate surface area is 468 Å². The maximum absolute atomic E-state index is 13.1. The Hall–Kier alpha value is -2.11. The van der Waals surface area contributed by atoms with E-state index in [4.69, 9.17) is 9.47 Å². The molecule has 1 saturated heterocycles. The fraction of sp³-hybridized carbons (Fsp3) is 0.836. The molecule has 0 aliphatic carbocycles. The van der Waals surface area contributed by atoms with Crippen molar-refractivity contribution >= 4 is 5.91 Å². The summed E-state index contributed by atoms with van der Waals surface area (Å²) < 4.78 is 11.3. The number of carbonyl (C=O) groups excluding carboxylic acids is 1. The third-order valence-corrected chi connectivity index (χ3v) is 15.3. The van der Waals surface area contributed by atoms with Crippen molar-refractivity contribution in [3.63, 3.8) is 0 Å². The second kappa shape index (κ2) is 56.2. The maximum atomic E-state index is 13.1. The predicted octanol–water partition coefficient (Wildman–Crippen LogP) is 17.0. The molecule has 0 aromatic rings. The van der Waals surface area contributed by atoms with Gasteiger partial charge in [-0.05, 0) is 57.8 Å². The zero-order chi connectivity index (χ0) is 55.0. The van der Waals surface area contributed by atoms with Gasteiger partial charge in [-0.2, -0.15) is 0 Å². The van der Waals surface area contributed by atoms with Crippen molar-refractivity contribution < 1.29 is 39.8 Å². The summed E-state index contributed by atoms with van der Waals surface area (Å²) in [5, 5.41) is 54.7. The lowest BCUT2D eigenvalue weighted by atomic mass is 9.99. The zero-order valence-corrected chi connectivity index (χ0v) is 49.5. The Morgan fingerprint density at radius 2 is 0.816 bits per heavy atom. The second-order valence-electron chi connectivity index (χ2n) is 22.5. The van der Waals surface area contributed by atoms with E-state index in [1.165, 1.54) is 218 Å². The summed E-state index contributed by atoms with van der Waals surface area (Å²) in [6.07, 6.45) is 70.2. The number of nitrogens with one attached hydrogen (secondary N) is 1. The van der Waals surface area contributed by atoms with Crippen LogP contribution in [-0.4, -0.2) is 87.5 Å². The molecule has 444 valence electrons. The van der Waals surface area contributed by atoms with Crippen LogP contribution in [-0.2, 0) is 14.3 Å². The molecule has 7 unspecified atom stereocenters. The molecule has 0 bridgehead atoms. The van der Waals surface area contributed by atoms with Crippen LogP contribution in [0.1, 0.15) is 303 Å². The van der Waals surface area contributed by atoms with Gasteiger partial charge in [0.05, 0.1) is 25.4 Å². The van der Waals surface area contributed by atoms with E-state index in [1.807, 2.05) is 6.08 Å². The first-order valence-electron chi connectivity index (χ1n) is 32.5. The van der Waals surface area contributed by atoms with Crippen molar-refractivity contribution in [2.75, 3.05) is 13.2 Å². The summed E-state index contributed by atoms with van der Waals surface area (Å²) in [5.74, 6) is -0.175. The highest BCUT2D eigenvalue weighted by molar-refractivity contribution is 5.76. The summed E-state index contributed by atoms with van der Waals surface area (Å²) >= 11 is 0. The van der Waals surface area contributed by atoms with E-state index >= 15 is 0 Å². The van der Waals surface area contributed by atoms with E-state index in [9.17, 15) is 30.3 Å². The lowest BCUT2D eigenvalue weighted by molar-refractivity contribution is -0.302. The zero-order valence-electron chi connectivity index (χ0n) is 49.5. The van der Waals surface area contributed by atoms with Gasteiger partial charge in [0.15, 0.2) is 6.29 Å². The van der Waals surface area contributed by atoms with Crippen LogP contribution < -0.4 is 5.32 Å². The first-order chi connectivity index (χ1) is 37.3. The number of hydrogen-bond acceptors (Lipinski definition) is 8. The average molecular weight is 1070 g/mol. The Balaban J connectivity index is 2.17. The van der Waals surface area contributed by atoms with Crippen molar-refractivity contribution in [3.05, 3.63) is 60.8 Å². The largest absolute Gasteiger partial charge is 0.394 e. The van der Waals surface area contributed by atoms with Gasteiger partial charge in [0, 0.05) is 6.42 Å². The highest BCUT2D eigenvalue weighted by Crippen LogP contribution is 2.23. The molecule has 6 N–H and O–H groups in total. The Morgan fingerprint density at radius 3 is 1.21 bits per heavy atom. The summed E-state index contributed by atoms with van der Waals surface area (Å²) in [4.78, 5) is 13.1. The number of allylic oxidation sites excluding steroid dienone is 9. The van der Waals surface area contributed by atoms with Gasteiger partial charge < -0.3 is 40.3 Å². The first-order valence-corrected chi connectivity index (χ1v) is 32.5. The normalized spacial score (nSPS) is 19.2. The van der Waals surface area contributed by atoms with Gasteiger partial charge in [-0.3, -0.25) is 4.79 Å². The Morgan fingerprint density at radius 1 is 0.461 bits per heavy atom. The van der Waals surface area contributed by atoms with Crippen LogP contribution in [0.4, 0.5) is 0 Å². The quantitative estimate of drug-likeness (QED) is 0.0261. The van der Waals surface area contributed by atoms with Crippen LogP contribution in [0.3, 0.4) is 0 Å². The average Bonchev–Trinajstić information content (AvgIpc) is 3.42. The standard InChI is InChI=1S/C67H123NO8/c1-3-5-7-9-11-13-15-17-19-21-23-25-27-29-31-33-35-37-39-41-43-45-47-49-51-53-55-57-63(71)68-60(59-75-67-66(74)65(73)64(72)62(58-69)76-67)61(70)56-54-52-50-48-46-44-42-40-38-36-34-32-30-28-26-24-22-20-18-16-14-12-10-8-6-4-2/h5,7,11,13,17,19,23,25,54,56,60-62,64-67,69-70,72-74H,3-4,6,8-10,12,14-16,18,20-22,24,26-53,55,57-59H2,1-2H3,(H,68,71)/b7-5-,13-11-,19-17-,25-23-,56-54+. The molecule has 0 aromatic heterocycles. The van der Waals surface area contributed by atoms with Gasteiger partial charge in [0.1, 0.15) is 24.4 Å². The minimum absolute atomic E-state index is 0.175. The molecule has 0 radical (unpaired) electrons. The fourth-order valence-electron chi connectivity index (χ4n) is 10.3. The molecule has 1 aliphatic rings. The molecule has 1 heterocycles. The van der Waals surface area contributed by atoms with E-state index in [0.717, 1.165) is 64.2 Å². The molecule has 0 spiro atoms. The lowest BCUT2D eigenvalue weighted by Gasteiger charge is -2.40. The number of carbonyl (C=O) groups is 1. The first kappa shape index (κ1) is 71.9. The summed E-state index contributed by atoms with van der Waals surface area (Å²) in [6, 6.07) is -0.808. The highest BCUT2D eigenvalue weighted by Gasteiger charge is 2.44. The SMILES string of the molecule is CC/C=C\C/C=C\C/C=C\C/C=C\CCCCCCCCCCCCCCCCC(=O)NC(COC1OC(CO)C(O)C(O)C1O)C(O)/C=C/CCCCCCCCCCCCCCCCCCCCCCCCCC. The third-order valence-electron chi connectivity index (χ3n) is 15.3. The van der Waals surface area contributed by atoms with Crippen molar-refractivity contribution in [2.45, 2.75) is 346 Å². The molecular formula is C67H123NO8. The van der Waals surface area contributed by atoms with Gasteiger partial charge in [-0.25, -0.2) is 0 Å². The number of hydrogen-bond donors (Lipinski definition) is 6. The van der Waals surface area contributed by atoms with Crippen LogP contribution >= 0.6 is 0 Å². The topological polar surface area (TPSA) is 149 Å². The third kappa shape index (κ3) is 44.7. The van der Waals surface area contributed by atoms with Crippen LogP contribution in [0.5, 0.6) is 0 Å². The van der Waals surface area contributed by atoms with Crippen molar-refractivity contribution in [1.29, 1.82) is 0 Å². The van der Waals surface area contributed by atoms with E-state index < -0.39 is 49.5 Å². The highest BCUT2D eigenvalue weighted by atomic mass is 16.7. The van der Waals surface area contributed by atoms with E-state index in [1.54, 1.807) is 6.08 Å². The minimum atomic E-state index is -1.57. The predicted molar refractivity (Wildman–Crippen MR) is 322 cm³/mol. The van der Waals surface area contributed by atoms with E-state index in [0.29, 0.717) is 6.42 Å². The fourth-order valence-corrected chi connectivity index (χ4v) is 10.3. The van der Waals surface area contributed by atoms with Gasteiger partial charge in [0.25, 0.3) is 0 Å². The van der Waals surface area contributed by atoms with Crippen LogP contribution in [0.25, 0.3) is 0 Å². The lowest BCUT2D eigenvalue weighted by Crippen LogP contribution is -2.60.